The molecule has 11 nitrogen and oxygen atoms in total. The normalized spacial score (nSPS) is 11.2. The summed E-state index contributed by atoms with van der Waals surface area (Å²) in [4.78, 5) is 39.4. The molecule has 5 aromatic rings. The molecule has 0 aliphatic carbocycles. The van der Waals surface area contributed by atoms with Crippen LogP contribution in [0.2, 0.25) is 0 Å². The molecule has 0 spiro atoms. The molecule has 0 radical (unpaired) electrons. The Labute approximate surface area is 243 Å². The largest absolute Gasteiger partial charge is 0.439 e. The van der Waals surface area contributed by atoms with E-state index in [2.05, 4.69) is 27.2 Å². The van der Waals surface area contributed by atoms with E-state index < -0.39 is 5.76 Å². The summed E-state index contributed by atoms with van der Waals surface area (Å²) in [6, 6.07) is 15.7. The van der Waals surface area contributed by atoms with Crippen LogP contribution in [0.15, 0.2) is 67.2 Å². The van der Waals surface area contributed by atoms with E-state index in [9.17, 15) is 9.59 Å². The number of hydrogen-bond donors (Lipinski definition) is 1. The molecule has 0 saturated carbocycles. The zero-order valence-corrected chi connectivity index (χ0v) is 24.4. The first-order valence-electron chi connectivity index (χ1n) is 14.3. The van der Waals surface area contributed by atoms with Crippen molar-refractivity contribution in [2.75, 3.05) is 18.0 Å². The molecule has 0 fully saturated rings. The minimum Gasteiger partial charge on any atom is -0.339 e. The molecule has 0 saturated heterocycles. The second-order valence-electron chi connectivity index (χ2n) is 10.1. The molecule has 1 N–H and O–H groups in total. The molecule has 11 heteroatoms. The molecule has 0 aliphatic heterocycles. The van der Waals surface area contributed by atoms with Crippen LogP contribution in [0.25, 0.3) is 22.5 Å². The van der Waals surface area contributed by atoms with Gasteiger partial charge in [0.15, 0.2) is 5.82 Å². The standard InChI is InChI=1S/C31H35N7O4/c1-5-8-13-26-32-20(4)25(18-27-33-30(36-41-27)37(6-2)7-3)29(39)38(26)19-21-14-16-22(17-15-21)23-11-9-10-12-24(23)28-34-31(40)42-35-28/h9-12,14-17H,5-8,13,18-19H2,1-4H3,(H,34,35,40). The van der Waals surface area contributed by atoms with Crippen LogP contribution in [0.1, 0.15) is 62.1 Å². The summed E-state index contributed by atoms with van der Waals surface area (Å²) in [5, 5.41) is 7.95. The van der Waals surface area contributed by atoms with Gasteiger partial charge in [-0.05, 0) is 49.0 Å². The number of rotatable bonds is 12. The SMILES string of the molecule is CCCCc1nc(C)c(Cc2nc(N(CC)CC)no2)c(=O)n1Cc1ccc(-c2ccccc2-c2noc(=O)[nH]2)cc1. The maximum atomic E-state index is 13.9. The van der Waals surface area contributed by atoms with Crippen LogP contribution < -0.4 is 16.2 Å². The number of unbranched alkanes of at least 4 members (excludes halogenated alkanes) is 1. The number of aromatic amines is 1. The summed E-state index contributed by atoms with van der Waals surface area (Å²) in [5.74, 6) is 1.45. The second-order valence-corrected chi connectivity index (χ2v) is 10.1. The van der Waals surface area contributed by atoms with Gasteiger partial charge in [0.05, 0.1) is 13.0 Å². The summed E-state index contributed by atoms with van der Waals surface area (Å²) < 4.78 is 12.0. The third-order valence-electron chi connectivity index (χ3n) is 7.36. The number of aryl methyl sites for hydroxylation is 2. The highest BCUT2D eigenvalue weighted by Gasteiger charge is 2.19. The molecule has 2 aromatic carbocycles. The van der Waals surface area contributed by atoms with E-state index in [1.54, 1.807) is 4.57 Å². The van der Waals surface area contributed by atoms with Crippen LogP contribution in [0.4, 0.5) is 5.95 Å². The Balaban J connectivity index is 1.45. The first-order valence-corrected chi connectivity index (χ1v) is 14.3. The van der Waals surface area contributed by atoms with E-state index in [0.29, 0.717) is 41.9 Å². The van der Waals surface area contributed by atoms with E-state index >= 15 is 0 Å². The average molecular weight is 570 g/mol. The lowest BCUT2D eigenvalue weighted by Crippen LogP contribution is -2.30. The molecule has 0 unspecified atom stereocenters. The van der Waals surface area contributed by atoms with Gasteiger partial charge in [-0.3, -0.25) is 18.9 Å². The Bertz CT molecular complexity index is 1760. The fourth-order valence-electron chi connectivity index (χ4n) is 5.01. The minimum absolute atomic E-state index is 0.0967. The van der Waals surface area contributed by atoms with Gasteiger partial charge in [0, 0.05) is 36.3 Å². The second kappa shape index (κ2) is 12.8. The number of anilines is 1. The summed E-state index contributed by atoms with van der Waals surface area (Å²) in [5.41, 5.74) is 4.70. The van der Waals surface area contributed by atoms with Crippen molar-refractivity contribution in [1.29, 1.82) is 0 Å². The van der Waals surface area contributed by atoms with Crippen molar-refractivity contribution in [3.05, 3.63) is 98.0 Å². The van der Waals surface area contributed by atoms with Gasteiger partial charge in [0.1, 0.15) is 5.82 Å². The smallest absolute Gasteiger partial charge is 0.339 e. The molecule has 42 heavy (non-hydrogen) atoms. The highest BCUT2D eigenvalue weighted by atomic mass is 16.5. The molecular formula is C31H35N7O4. The Hall–Kier alpha value is -4.80. The third-order valence-corrected chi connectivity index (χ3v) is 7.36. The molecular weight excluding hydrogens is 534 g/mol. The highest BCUT2D eigenvalue weighted by molar-refractivity contribution is 5.80. The lowest BCUT2D eigenvalue weighted by atomic mass is 9.98. The number of nitrogens with one attached hydrogen (secondary N) is 1. The predicted molar refractivity (Wildman–Crippen MR) is 160 cm³/mol. The lowest BCUT2D eigenvalue weighted by molar-refractivity contribution is 0.383. The third kappa shape index (κ3) is 6.09. The summed E-state index contributed by atoms with van der Waals surface area (Å²) >= 11 is 0. The molecule has 3 heterocycles. The zero-order chi connectivity index (χ0) is 29.6. The van der Waals surface area contributed by atoms with Crippen molar-refractivity contribution in [1.82, 2.24) is 29.8 Å². The van der Waals surface area contributed by atoms with Gasteiger partial charge >= 0.3 is 5.76 Å². The zero-order valence-electron chi connectivity index (χ0n) is 24.4. The van der Waals surface area contributed by atoms with Crippen molar-refractivity contribution in [3.8, 4) is 22.5 Å². The molecule has 0 aliphatic rings. The Morgan fingerprint density at radius 1 is 0.905 bits per heavy atom. The predicted octanol–water partition coefficient (Wildman–Crippen LogP) is 4.77. The van der Waals surface area contributed by atoms with Crippen LogP contribution in [-0.4, -0.2) is 42.9 Å². The van der Waals surface area contributed by atoms with E-state index in [1.165, 1.54) is 0 Å². The van der Waals surface area contributed by atoms with Crippen molar-refractivity contribution in [3.63, 3.8) is 0 Å². The fourth-order valence-corrected chi connectivity index (χ4v) is 5.01. The maximum absolute atomic E-state index is 13.9. The van der Waals surface area contributed by atoms with Gasteiger partial charge in [-0.15, -0.1) is 0 Å². The van der Waals surface area contributed by atoms with Gasteiger partial charge in [0.25, 0.3) is 11.5 Å². The monoisotopic (exact) mass is 569 g/mol. The average Bonchev–Trinajstić information content (AvgIpc) is 3.66. The molecule has 0 atom stereocenters. The van der Waals surface area contributed by atoms with Gasteiger partial charge in [0.2, 0.25) is 5.89 Å². The van der Waals surface area contributed by atoms with Crippen LogP contribution in [0, 0.1) is 6.92 Å². The van der Waals surface area contributed by atoms with Gasteiger partial charge < -0.3 is 9.42 Å². The number of hydrogen-bond acceptors (Lipinski definition) is 9. The lowest BCUT2D eigenvalue weighted by Gasteiger charge is -2.16. The van der Waals surface area contributed by atoms with Crippen molar-refractivity contribution in [2.45, 2.75) is 59.9 Å². The molecule has 218 valence electrons. The Morgan fingerprint density at radius 3 is 2.31 bits per heavy atom. The van der Waals surface area contributed by atoms with Gasteiger partial charge in [-0.1, -0.05) is 67.0 Å². The first kappa shape index (κ1) is 28.7. The van der Waals surface area contributed by atoms with Gasteiger partial charge in [-0.2, -0.15) is 4.98 Å². The summed E-state index contributed by atoms with van der Waals surface area (Å²) in [6.45, 7) is 9.96. The molecule has 0 bridgehead atoms. The maximum Gasteiger partial charge on any atom is 0.439 e. The number of nitrogens with zero attached hydrogens (tertiary/aromatic N) is 6. The topological polar surface area (TPSA) is 136 Å². The summed E-state index contributed by atoms with van der Waals surface area (Å²) in [6.07, 6.45) is 2.86. The Kier molecular flexibility index (Phi) is 8.75. The number of benzene rings is 2. The van der Waals surface area contributed by atoms with Crippen LogP contribution in [0.5, 0.6) is 0 Å². The molecule has 3 aromatic heterocycles. The molecule has 0 amide bonds. The molecule has 5 rings (SSSR count). The number of aromatic nitrogens is 6. The van der Waals surface area contributed by atoms with Crippen molar-refractivity contribution >= 4 is 5.95 Å². The van der Waals surface area contributed by atoms with Crippen LogP contribution in [0.3, 0.4) is 0 Å². The van der Waals surface area contributed by atoms with E-state index in [0.717, 1.165) is 54.0 Å². The van der Waals surface area contributed by atoms with E-state index in [4.69, 9.17) is 14.0 Å². The minimum atomic E-state index is -0.603. The van der Waals surface area contributed by atoms with E-state index in [-0.39, 0.29) is 12.0 Å². The van der Waals surface area contributed by atoms with Crippen LogP contribution >= 0.6 is 0 Å². The van der Waals surface area contributed by atoms with Crippen molar-refractivity contribution < 1.29 is 9.05 Å². The summed E-state index contributed by atoms with van der Waals surface area (Å²) in [7, 11) is 0. The van der Waals surface area contributed by atoms with Crippen molar-refractivity contribution in [2.24, 2.45) is 0 Å². The quantitative estimate of drug-likeness (QED) is 0.225. The Morgan fingerprint density at radius 2 is 1.64 bits per heavy atom. The van der Waals surface area contributed by atoms with Gasteiger partial charge in [-0.25, -0.2) is 9.78 Å². The fraction of sp³-hybridized carbons (Fsp3) is 0.355. The first-order chi connectivity index (χ1) is 20.4. The number of H-pyrrole nitrogens is 1. The highest BCUT2D eigenvalue weighted by Crippen LogP contribution is 2.30. The van der Waals surface area contributed by atoms with Crippen LogP contribution in [-0.2, 0) is 19.4 Å². The van der Waals surface area contributed by atoms with E-state index in [1.807, 2.05) is 74.2 Å².